The molecule has 0 saturated heterocycles. The molecule has 98 valence electrons. The molecule has 0 unspecified atom stereocenters. The maximum atomic E-state index is 11.4. The summed E-state index contributed by atoms with van der Waals surface area (Å²) in [4.78, 5) is 25.2. The topological polar surface area (TPSA) is 79.2 Å². The van der Waals surface area contributed by atoms with Crippen molar-refractivity contribution in [1.82, 2.24) is 9.55 Å². The highest BCUT2D eigenvalue weighted by molar-refractivity contribution is 6.30. The molecular weight excluding hydrogens is 268 g/mol. The van der Waals surface area contributed by atoms with Gasteiger partial charge in [0, 0.05) is 18.1 Å². The molecule has 0 radical (unpaired) electrons. The van der Waals surface area contributed by atoms with E-state index < -0.39 is 11.2 Å². The minimum absolute atomic E-state index is 0.235. The zero-order chi connectivity index (χ0) is 13.8. The number of rotatable bonds is 3. The van der Waals surface area contributed by atoms with Crippen LogP contribution in [0.25, 0.3) is 0 Å². The summed E-state index contributed by atoms with van der Waals surface area (Å²) >= 11 is 5.75. The molecule has 0 aliphatic heterocycles. The molecule has 0 fully saturated rings. The first-order valence-corrected chi connectivity index (χ1v) is 5.79. The molecule has 1 aromatic carbocycles. The molecule has 1 aromatic heterocycles. The third kappa shape index (κ3) is 3.32. The molecule has 7 heteroatoms. The summed E-state index contributed by atoms with van der Waals surface area (Å²) < 4.78 is 0.966. The maximum Gasteiger partial charge on any atom is 0.329 e. The number of halogens is 1. The SMILES string of the molecule is Cn1c(=O)cc(N/N=C/c2ccc(Cl)cc2)[nH]c1=O. The number of H-pyrrole nitrogens is 1. The van der Waals surface area contributed by atoms with E-state index in [1.807, 2.05) is 0 Å². The first-order chi connectivity index (χ1) is 9.06. The summed E-state index contributed by atoms with van der Waals surface area (Å²) in [5.74, 6) is 0.235. The van der Waals surface area contributed by atoms with E-state index in [-0.39, 0.29) is 5.82 Å². The van der Waals surface area contributed by atoms with Crippen molar-refractivity contribution in [2.45, 2.75) is 0 Å². The van der Waals surface area contributed by atoms with Gasteiger partial charge in [0.1, 0.15) is 5.82 Å². The molecule has 0 amide bonds. The summed E-state index contributed by atoms with van der Waals surface area (Å²) in [6.07, 6.45) is 1.55. The van der Waals surface area contributed by atoms with Crippen LogP contribution in [0.1, 0.15) is 5.56 Å². The molecule has 2 N–H and O–H groups in total. The lowest BCUT2D eigenvalue weighted by molar-refractivity contribution is 0.777. The normalized spacial score (nSPS) is 10.8. The van der Waals surface area contributed by atoms with Gasteiger partial charge < -0.3 is 0 Å². The van der Waals surface area contributed by atoms with Gasteiger partial charge in [0.05, 0.1) is 6.21 Å². The van der Waals surface area contributed by atoms with Gasteiger partial charge in [0.15, 0.2) is 0 Å². The number of hydrogen-bond acceptors (Lipinski definition) is 4. The molecule has 19 heavy (non-hydrogen) atoms. The van der Waals surface area contributed by atoms with Gasteiger partial charge in [-0.05, 0) is 17.7 Å². The van der Waals surface area contributed by atoms with Crippen LogP contribution in [-0.2, 0) is 7.05 Å². The van der Waals surface area contributed by atoms with Crippen molar-refractivity contribution in [3.8, 4) is 0 Å². The largest absolute Gasteiger partial charge is 0.329 e. The van der Waals surface area contributed by atoms with Crippen molar-refractivity contribution in [3.63, 3.8) is 0 Å². The molecule has 2 rings (SSSR count). The van der Waals surface area contributed by atoms with Crippen LogP contribution < -0.4 is 16.7 Å². The summed E-state index contributed by atoms with van der Waals surface area (Å²) in [6.45, 7) is 0. The highest BCUT2D eigenvalue weighted by Crippen LogP contribution is 2.07. The summed E-state index contributed by atoms with van der Waals surface area (Å²) in [6, 6.07) is 8.31. The van der Waals surface area contributed by atoms with Crippen LogP contribution in [0.2, 0.25) is 5.02 Å². The zero-order valence-electron chi connectivity index (χ0n) is 10.1. The number of aromatic amines is 1. The predicted molar refractivity (Wildman–Crippen MR) is 75.0 cm³/mol. The summed E-state index contributed by atoms with van der Waals surface area (Å²) in [5, 5.41) is 4.56. The van der Waals surface area contributed by atoms with Crippen LogP contribution >= 0.6 is 11.6 Å². The Bertz CT molecular complexity index is 684. The van der Waals surface area contributed by atoms with Crippen molar-refractivity contribution in [2.24, 2.45) is 12.1 Å². The number of aromatic nitrogens is 2. The first kappa shape index (κ1) is 13.1. The third-order valence-electron chi connectivity index (χ3n) is 2.41. The molecule has 0 atom stereocenters. The highest BCUT2D eigenvalue weighted by Gasteiger charge is 1.98. The standard InChI is InChI=1S/C12H11ClN4O2/c1-17-11(18)6-10(15-12(17)19)16-14-7-8-2-4-9(13)5-3-8/h2-7,16H,1H3,(H,15,19)/b14-7+. The van der Waals surface area contributed by atoms with E-state index in [1.165, 1.54) is 13.1 Å². The van der Waals surface area contributed by atoms with E-state index >= 15 is 0 Å². The average molecular weight is 279 g/mol. The van der Waals surface area contributed by atoms with E-state index in [2.05, 4.69) is 15.5 Å². The Balaban J connectivity index is 2.13. The molecule has 6 nitrogen and oxygen atoms in total. The van der Waals surface area contributed by atoms with Gasteiger partial charge in [-0.1, -0.05) is 23.7 Å². The van der Waals surface area contributed by atoms with Crippen LogP contribution in [0.4, 0.5) is 5.82 Å². The Kier molecular flexibility index (Phi) is 3.82. The van der Waals surface area contributed by atoms with Gasteiger partial charge in [-0.3, -0.25) is 19.8 Å². The fourth-order valence-electron chi connectivity index (χ4n) is 1.34. The molecular formula is C12H11ClN4O2. The lowest BCUT2D eigenvalue weighted by Gasteiger charge is -2.01. The summed E-state index contributed by atoms with van der Waals surface area (Å²) in [7, 11) is 1.39. The molecule has 0 aliphatic rings. The Labute approximate surface area is 113 Å². The number of anilines is 1. The molecule has 0 spiro atoms. The highest BCUT2D eigenvalue weighted by atomic mass is 35.5. The van der Waals surface area contributed by atoms with Gasteiger partial charge in [-0.15, -0.1) is 0 Å². The first-order valence-electron chi connectivity index (χ1n) is 5.41. The zero-order valence-corrected chi connectivity index (χ0v) is 10.8. The Morgan fingerprint density at radius 3 is 2.63 bits per heavy atom. The second-order valence-corrected chi connectivity index (χ2v) is 4.24. The quantitative estimate of drug-likeness (QED) is 0.653. The van der Waals surface area contributed by atoms with Crippen molar-refractivity contribution >= 4 is 23.6 Å². The fraction of sp³-hybridized carbons (Fsp3) is 0.0833. The van der Waals surface area contributed by atoms with Crippen LogP contribution in [0.5, 0.6) is 0 Å². The molecule has 2 aromatic rings. The van der Waals surface area contributed by atoms with E-state index in [4.69, 9.17) is 11.6 Å². The average Bonchev–Trinajstić information content (AvgIpc) is 2.38. The van der Waals surface area contributed by atoms with E-state index in [0.29, 0.717) is 5.02 Å². The molecule has 1 heterocycles. The van der Waals surface area contributed by atoms with Gasteiger partial charge in [-0.25, -0.2) is 4.79 Å². The lowest BCUT2D eigenvalue weighted by Crippen LogP contribution is -2.32. The smallest absolute Gasteiger partial charge is 0.292 e. The van der Waals surface area contributed by atoms with E-state index in [9.17, 15) is 9.59 Å². The van der Waals surface area contributed by atoms with Crippen LogP contribution in [0.3, 0.4) is 0 Å². The van der Waals surface area contributed by atoms with Crippen molar-refractivity contribution in [3.05, 3.63) is 61.8 Å². The Hall–Kier alpha value is -2.34. The maximum absolute atomic E-state index is 11.4. The van der Waals surface area contributed by atoms with Gasteiger partial charge in [0.2, 0.25) is 0 Å². The van der Waals surface area contributed by atoms with Crippen molar-refractivity contribution < 1.29 is 0 Å². The number of hydrogen-bond donors (Lipinski definition) is 2. The van der Waals surface area contributed by atoms with Gasteiger partial charge >= 0.3 is 5.69 Å². The number of nitrogens with zero attached hydrogens (tertiary/aromatic N) is 2. The predicted octanol–water partition coefficient (Wildman–Crippen LogP) is 1.17. The second kappa shape index (κ2) is 5.53. The Morgan fingerprint density at radius 1 is 1.32 bits per heavy atom. The minimum atomic E-state index is -0.503. The summed E-state index contributed by atoms with van der Waals surface area (Å²) in [5.41, 5.74) is 2.51. The second-order valence-electron chi connectivity index (χ2n) is 3.81. The number of nitrogens with one attached hydrogen (secondary N) is 2. The lowest BCUT2D eigenvalue weighted by atomic mass is 10.2. The van der Waals surface area contributed by atoms with Crippen molar-refractivity contribution in [2.75, 3.05) is 5.43 Å². The monoisotopic (exact) mass is 278 g/mol. The van der Waals surface area contributed by atoms with Crippen LogP contribution in [0, 0.1) is 0 Å². The van der Waals surface area contributed by atoms with Gasteiger partial charge in [-0.2, -0.15) is 5.10 Å². The van der Waals surface area contributed by atoms with Gasteiger partial charge in [0.25, 0.3) is 5.56 Å². The number of benzene rings is 1. The van der Waals surface area contributed by atoms with Crippen LogP contribution in [-0.4, -0.2) is 15.8 Å². The fourth-order valence-corrected chi connectivity index (χ4v) is 1.47. The minimum Gasteiger partial charge on any atom is -0.292 e. The molecule has 0 aliphatic carbocycles. The molecule has 0 bridgehead atoms. The van der Waals surface area contributed by atoms with Crippen LogP contribution in [0.15, 0.2) is 45.0 Å². The molecule has 0 saturated carbocycles. The third-order valence-corrected chi connectivity index (χ3v) is 2.67. The van der Waals surface area contributed by atoms with E-state index in [1.54, 1.807) is 30.5 Å². The Morgan fingerprint density at radius 2 is 2.00 bits per heavy atom. The number of hydrazone groups is 1. The van der Waals surface area contributed by atoms with E-state index in [0.717, 1.165) is 10.1 Å². The van der Waals surface area contributed by atoms with Crippen molar-refractivity contribution in [1.29, 1.82) is 0 Å².